The molecule has 3 rings (SSSR count). The fourth-order valence-corrected chi connectivity index (χ4v) is 4.41. The lowest BCUT2D eigenvalue weighted by Gasteiger charge is -2.35. The summed E-state index contributed by atoms with van der Waals surface area (Å²) >= 11 is 0. The molecule has 2 aromatic carbocycles. The molecular weight excluding hydrogens is 374 g/mol. The first kappa shape index (κ1) is 22.1. The summed E-state index contributed by atoms with van der Waals surface area (Å²) in [4.78, 5) is 14.4. The molecule has 4 nitrogen and oxygen atoms in total. The standard InChI is InChI=1S/C26H33NO3/c1-5-30-26(28)22-10-6-8-19(15-22)14-20-12-13-23(18-27(2)3)25(16-20)21-9-7-11-24(17-21)29-4/h6-11,14-15,17,23,25H,5,12-13,16,18H2,1-4H3/t23-,25+/m0/s1. The molecule has 1 aliphatic rings. The van der Waals surface area contributed by atoms with E-state index in [-0.39, 0.29) is 5.97 Å². The maximum Gasteiger partial charge on any atom is 0.338 e. The first-order valence-corrected chi connectivity index (χ1v) is 10.8. The lowest BCUT2D eigenvalue weighted by Crippen LogP contribution is -2.29. The largest absolute Gasteiger partial charge is 0.497 e. The zero-order valence-electron chi connectivity index (χ0n) is 18.6. The minimum atomic E-state index is -0.262. The van der Waals surface area contributed by atoms with Crippen molar-refractivity contribution >= 4 is 12.0 Å². The molecule has 1 fully saturated rings. The average molecular weight is 408 g/mol. The van der Waals surface area contributed by atoms with Crippen molar-refractivity contribution in [1.29, 1.82) is 0 Å². The Balaban J connectivity index is 1.85. The monoisotopic (exact) mass is 407 g/mol. The normalized spacial score (nSPS) is 20.4. The first-order valence-electron chi connectivity index (χ1n) is 10.8. The average Bonchev–Trinajstić information content (AvgIpc) is 2.75. The lowest BCUT2D eigenvalue weighted by molar-refractivity contribution is 0.0526. The number of esters is 1. The smallest absolute Gasteiger partial charge is 0.338 e. The topological polar surface area (TPSA) is 38.8 Å². The Morgan fingerprint density at radius 2 is 1.97 bits per heavy atom. The highest BCUT2D eigenvalue weighted by atomic mass is 16.5. The van der Waals surface area contributed by atoms with Crippen molar-refractivity contribution < 1.29 is 14.3 Å². The van der Waals surface area contributed by atoms with Crippen LogP contribution in [0.25, 0.3) is 6.08 Å². The third-order valence-corrected chi connectivity index (χ3v) is 5.78. The highest BCUT2D eigenvalue weighted by Gasteiger charge is 2.29. The molecule has 0 bridgehead atoms. The number of rotatable bonds is 7. The van der Waals surface area contributed by atoms with Gasteiger partial charge in [0.15, 0.2) is 0 Å². The van der Waals surface area contributed by atoms with Gasteiger partial charge in [-0.1, -0.05) is 35.9 Å². The quantitative estimate of drug-likeness (QED) is 0.576. The Hall–Kier alpha value is -2.59. The molecule has 0 aliphatic heterocycles. The van der Waals surface area contributed by atoms with Gasteiger partial charge in [0.1, 0.15) is 5.75 Å². The van der Waals surface area contributed by atoms with Crippen LogP contribution in [0, 0.1) is 5.92 Å². The highest BCUT2D eigenvalue weighted by molar-refractivity contribution is 5.90. The van der Waals surface area contributed by atoms with E-state index in [0.717, 1.165) is 37.1 Å². The van der Waals surface area contributed by atoms with Gasteiger partial charge in [-0.2, -0.15) is 0 Å². The van der Waals surface area contributed by atoms with E-state index in [9.17, 15) is 4.79 Å². The van der Waals surface area contributed by atoms with Crippen molar-refractivity contribution in [3.8, 4) is 5.75 Å². The fourth-order valence-electron chi connectivity index (χ4n) is 4.41. The maximum atomic E-state index is 12.1. The number of allylic oxidation sites excluding steroid dienone is 1. The molecule has 1 saturated carbocycles. The molecule has 30 heavy (non-hydrogen) atoms. The number of methoxy groups -OCH3 is 1. The van der Waals surface area contributed by atoms with Crippen molar-refractivity contribution in [3.63, 3.8) is 0 Å². The molecular formula is C26H33NO3. The number of hydrogen-bond donors (Lipinski definition) is 0. The minimum Gasteiger partial charge on any atom is -0.497 e. The van der Waals surface area contributed by atoms with E-state index < -0.39 is 0 Å². The summed E-state index contributed by atoms with van der Waals surface area (Å²) in [7, 11) is 6.02. The Morgan fingerprint density at radius 3 is 2.70 bits per heavy atom. The zero-order valence-corrected chi connectivity index (χ0v) is 18.6. The second kappa shape index (κ2) is 10.4. The number of nitrogens with zero attached hydrogens (tertiary/aromatic N) is 1. The van der Waals surface area contributed by atoms with Gasteiger partial charge in [-0.25, -0.2) is 4.79 Å². The lowest BCUT2D eigenvalue weighted by atomic mass is 9.73. The molecule has 160 valence electrons. The predicted molar refractivity (Wildman–Crippen MR) is 122 cm³/mol. The van der Waals surface area contributed by atoms with Gasteiger partial charge < -0.3 is 14.4 Å². The highest BCUT2D eigenvalue weighted by Crippen LogP contribution is 2.42. The van der Waals surface area contributed by atoms with Gasteiger partial charge >= 0.3 is 5.97 Å². The molecule has 0 radical (unpaired) electrons. The Bertz CT molecular complexity index is 887. The van der Waals surface area contributed by atoms with E-state index in [1.807, 2.05) is 31.2 Å². The van der Waals surface area contributed by atoms with E-state index in [1.54, 1.807) is 7.11 Å². The number of benzene rings is 2. The van der Waals surface area contributed by atoms with Crippen LogP contribution in [0.15, 0.2) is 54.1 Å². The van der Waals surface area contributed by atoms with Crippen LogP contribution in [0.4, 0.5) is 0 Å². The zero-order chi connectivity index (χ0) is 21.5. The Morgan fingerprint density at radius 1 is 1.17 bits per heavy atom. The van der Waals surface area contributed by atoms with Gasteiger partial charge in [-0.15, -0.1) is 0 Å². The van der Waals surface area contributed by atoms with Crippen LogP contribution in [-0.2, 0) is 4.74 Å². The molecule has 0 spiro atoms. The van der Waals surface area contributed by atoms with Gasteiger partial charge in [-0.3, -0.25) is 0 Å². The third kappa shape index (κ3) is 5.73. The summed E-state index contributed by atoms with van der Waals surface area (Å²) in [6.45, 7) is 3.29. The molecule has 0 N–H and O–H groups in total. The van der Waals surface area contributed by atoms with Crippen LogP contribution in [0.3, 0.4) is 0 Å². The van der Waals surface area contributed by atoms with Gasteiger partial charge in [-0.05, 0) is 87.5 Å². The molecule has 0 saturated heterocycles. The summed E-state index contributed by atoms with van der Waals surface area (Å²) in [5.74, 6) is 1.71. The molecule has 0 aromatic heterocycles. The van der Waals surface area contributed by atoms with Gasteiger partial charge in [0, 0.05) is 6.54 Å². The summed E-state index contributed by atoms with van der Waals surface area (Å²) in [5, 5.41) is 0. The molecule has 2 aromatic rings. The number of carbonyl (C=O) groups is 1. The minimum absolute atomic E-state index is 0.262. The van der Waals surface area contributed by atoms with Crippen molar-refractivity contribution in [3.05, 3.63) is 70.8 Å². The van der Waals surface area contributed by atoms with E-state index in [4.69, 9.17) is 9.47 Å². The van der Waals surface area contributed by atoms with Crippen molar-refractivity contribution in [2.45, 2.75) is 32.1 Å². The molecule has 1 aliphatic carbocycles. The van der Waals surface area contributed by atoms with Crippen LogP contribution in [0.2, 0.25) is 0 Å². The second-order valence-corrected chi connectivity index (χ2v) is 8.30. The summed E-state index contributed by atoms with van der Waals surface area (Å²) < 4.78 is 10.6. The van der Waals surface area contributed by atoms with E-state index in [1.165, 1.54) is 11.1 Å². The third-order valence-electron chi connectivity index (χ3n) is 5.78. The molecule has 4 heteroatoms. The molecule has 2 atom stereocenters. The van der Waals surface area contributed by atoms with Gasteiger partial charge in [0.25, 0.3) is 0 Å². The molecule has 0 heterocycles. The number of ether oxygens (including phenoxy) is 2. The summed E-state index contributed by atoms with van der Waals surface area (Å²) in [6.07, 6.45) is 5.52. The maximum absolute atomic E-state index is 12.1. The van der Waals surface area contributed by atoms with Crippen molar-refractivity contribution in [2.24, 2.45) is 5.92 Å². The fraction of sp³-hybridized carbons (Fsp3) is 0.423. The Labute approximate surface area is 180 Å². The Kier molecular flexibility index (Phi) is 7.69. The SMILES string of the molecule is CCOC(=O)c1cccc(C=C2CC[C@@H](CN(C)C)[C@@H](c3cccc(OC)c3)C2)c1. The van der Waals surface area contributed by atoms with E-state index >= 15 is 0 Å². The van der Waals surface area contributed by atoms with Crippen LogP contribution in [0.1, 0.15) is 53.6 Å². The first-order chi connectivity index (χ1) is 14.5. The van der Waals surface area contributed by atoms with E-state index in [0.29, 0.717) is 24.0 Å². The van der Waals surface area contributed by atoms with Gasteiger partial charge in [0.2, 0.25) is 0 Å². The van der Waals surface area contributed by atoms with Crippen LogP contribution >= 0.6 is 0 Å². The summed E-state index contributed by atoms with van der Waals surface area (Å²) in [5.41, 5.74) is 4.44. The number of hydrogen-bond acceptors (Lipinski definition) is 4. The van der Waals surface area contributed by atoms with Crippen LogP contribution in [-0.4, -0.2) is 45.2 Å². The molecule has 0 amide bonds. The van der Waals surface area contributed by atoms with Crippen molar-refractivity contribution in [1.82, 2.24) is 4.90 Å². The second-order valence-electron chi connectivity index (χ2n) is 8.30. The number of carbonyl (C=O) groups excluding carboxylic acids is 1. The summed E-state index contributed by atoms with van der Waals surface area (Å²) in [6, 6.07) is 16.2. The van der Waals surface area contributed by atoms with Crippen LogP contribution in [0.5, 0.6) is 5.75 Å². The predicted octanol–water partition coefficient (Wildman–Crippen LogP) is 5.40. The van der Waals surface area contributed by atoms with Gasteiger partial charge in [0.05, 0.1) is 19.3 Å². The van der Waals surface area contributed by atoms with Crippen molar-refractivity contribution in [2.75, 3.05) is 34.4 Å². The van der Waals surface area contributed by atoms with E-state index in [2.05, 4.69) is 49.3 Å². The van der Waals surface area contributed by atoms with Crippen LogP contribution < -0.4 is 4.74 Å². The molecule has 0 unspecified atom stereocenters.